The number of carbonyl (C=O) groups is 2. The smallest absolute Gasteiger partial charge is 0.301 e. The molecule has 3 aromatic carbocycles. The van der Waals surface area contributed by atoms with Gasteiger partial charge in [0.2, 0.25) is 0 Å². The van der Waals surface area contributed by atoms with Crippen LogP contribution in [0.3, 0.4) is 0 Å². The van der Waals surface area contributed by atoms with Crippen LogP contribution in [0.2, 0.25) is 0 Å². The third-order valence-electron chi connectivity index (χ3n) is 5.55. The molecule has 1 N–H and O–H groups in total. The molecule has 0 unspecified atom stereocenters. The van der Waals surface area contributed by atoms with Crippen molar-refractivity contribution in [1.82, 2.24) is 4.98 Å². The normalized spacial score (nSPS) is 17.5. The van der Waals surface area contributed by atoms with Gasteiger partial charge < -0.3 is 9.84 Å². The first kappa shape index (κ1) is 21.7. The van der Waals surface area contributed by atoms with E-state index in [1.807, 2.05) is 0 Å². The van der Waals surface area contributed by atoms with Gasteiger partial charge in [-0.2, -0.15) is 0 Å². The fraction of sp³-hybridized carbons (Fsp3) is 0.0800. The van der Waals surface area contributed by atoms with E-state index in [1.54, 1.807) is 18.2 Å². The van der Waals surface area contributed by atoms with Crippen molar-refractivity contribution in [3.63, 3.8) is 0 Å². The van der Waals surface area contributed by atoms with Gasteiger partial charge in [-0.15, -0.1) is 0 Å². The van der Waals surface area contributed by atoms with Gasteiger partial charge in [-0.25, -0.2) is 13.8 Å². The summed E-state index contributed by atoms with van der Waals surface area (Å²) in [6.07, 6.45) is 0. The zero-order valence-electron chi connectivity index (χ0n) is 17.7. The average molecular weight is 478 g/mol. The Morgan fingerprint density at radius 3 is 2.50 bits per heavy atom. The van der Waals surface area contributed by atoms with Crippen molar-refractivity contribution >= 4 is 44.1 Å². The minimum atomic E-state index is -1.27. The van der Waals surface area contributed by atoms with E-state index < -0.39 is 35.1 Å². The van der Waals surface area contributed by atoms with Crippen molar-refractivity contribution in [1.29, 1.82) is 0 Å². The number of ketones is 1. The topological polar surface area (TPSA) is 79.7 Å². The molecular weight excluding hydrogens is 462 g/mol. The van der Waals surface area contributed by atoms with E-state index >= 15 is 0 Å². The second kappa shape index (κ2) is 8.35. The van der Waals surface area contributed by atoms with Crippen LogP contribution in [0.15, 0.2) is 72.3 Å². The number of anilines is 1. The molecule has 170 valence electrons. The molecule has 1 aliphatic rings. The van der Waals surface area contributed by atoms with E-state index in [-0.39, 0.29) is 21.8 Å². The molecule has 9 heteroatoms. The van der Waals surface area contributed by atoms with Gasteiger partial charge in [0.25, 0.3) is 5.78 Å². The molecule has 0 radical (unpaired) electrons. The minimum Gasteiger partial charge on any atom is -0.507 e. The predicted octanol–water partition coefficient (Wildman–Crippen LogP) is 5.21. The summed E-state index contributed by atoms with van der Waals surface area (Å²) in [5.74, 6) is -3.01. The molecule has 0 spiro atoms. The number of halogens is 2. The highest BCUT2D eigenvalue weighted by atomic mass is 32.1. The average Bonchev–Trinajstić information content (AvgIpc) is 3.36. The lowest BCUT2D eigenvalue weighted by Crippen LogP contribution is -2.29. The zero-order chi connectivity index (χ0) is 24.0. The molecule has 1 atom stereocenters. The number of carbonyl (C=O) groups excluding carboxylic acids is 2. The molecule has 1 saturated heterocycles. The van der Waals surface area contributed by atoms with Gasteiger partial charge in [0.15, 0.2) is 5.13 Å². The number of hydrogen-bond donors (Lipinski definition) is 1. The molecule has 2 heterocycles. The Hall–Kier alpha value is -4.11. The number of fused-ring (bicyclic) bond motifs is 1. The molecule has 0 bridgehead atoms. The minimum absolute atomic E-state index is 0.0159. The highest BCUT2D eigenvalue weighted by molar-refractivity contribution is 7.22. The number of amides is 1. The van der Waals surface area contributed by atoms with E-state index in [1.165, 1.54) is 55.6 Å². The van der Waals surface area contributed by atoms with Gasteiger partial charge in [0.05, 0.1) is 22.9 Å². The highest BCUT2D eigenvalue weighted by Crippen LogP contribution is 2.45. The standard InChI is InChI=1S/C25H16F2N2O4S/c1-33-15-9-6-13(7-10-15)22(30)20-21(16-4-2-3-5-17(16)27)29(24(32)23(20)31)25-28-18-11-8-14(26)12-19(18)34-25/h2-12,21,30H,1H3/b22-20+/t21-/m1/s1. The highest BCUT2D eigenvalue weighted by Gasteiger charge is 2.49. The Bertz CT molecular complexity index is 1480. The summed E-state index contributed by atoms with van der Waals surface area (Å²) in [5.41, 5.74) is 0.421. The number of ether oxygens (including phenoxy) is 1. The van der Waals surface area contributed by atoms with Crippen LogP contribution in [0.1, 0.15) is 17.2 Å². The SMILES string of the molecule is COc1ccc(/C(O)=C2\C(=O)C(=O)N(c3nc4ccc(F)cc4s3)[C@@H]2c2ccccc2F)cc1. The zero-order valence-corrected chi connectivity index (χ0v) is 18.5. The number of aliphatic hydroxyl groups is 1. The maximum Gasteiger partial charge on any atom is 0.301 e. The monoisotopic (exact) mass is 478 g/mol. The summed E-state index contributed by atoms with van der Waals surface area (Å²) in [6, 6.07) is 14.6. The van der Waals surface area contributed by atoms with E-state index in [4.69, 9.17) is 4.74 Å². The van der Waals surface area contributed by atoms with Crippen molar-refractivity contribution in [3.8, 4) is 5.75 Å². The third-order valence-corrected chi connectivity index (χ3v) is 6.57. The number of hydrogen-bond acceptors (Lipinski definition) is 6. The van der Waals surface area contributed by atoms with Crippen molar-refractivity contribution in [3.05, 3.63) is 95.1 Å². The van der Waals surface area contributed by atoms with Gasteiger partial charge in [0.1, 0.15) is 29.2 Å². The number of thiazole rings is 1. The molecular formula is C25H16F2N2O4S. The van der Waals surface area contributed by atoms with Crippen LogP contribution < -0.4 is 9.64 Å². The van der Waals surface area contributed by atoms with Gasteiger partial charge in [-0.05, 0) is 48.5 Å². The van der Waals surface area contributed by atoms with E-state index in [9.17, 15) is 23.5 Å². The lowest BCUT2D eigenvalue weighted by molar-refractivity contribution is -0.132. The molecule has 1 aromatic heterocycles. The van der Waals surface area contributed by atoms with Crippen LogP contribution in [0.5, 0.6) is 5.75 Å². The lowest BCUT2D eigenvalue weighted by atomic mass is 9.95. The first-order chi connectivity index (χ1) is 16.4. The summed E-state index contributed by atoms with van der Waals surface area (Å²) in [4.78, 5) is 31.8. The first-order valence-electron chi connectivity index (χ1n) is 10.1. The van der Waals surface area contributed by atoms with Gasteiger partial charge >= 0.3 is 5.91 Å². The van der Waals surface area contributed by atoms with Gasteiger partial charge in [-0.1, -0.05) is 29.5 Å². The van der Waals surface area contributed by atoms with Crippen molar-refractivity contribution in [2.24, 2.45) is 0 Å². The predicted molar refractivity (Wildman–Crippen MR) is 124 cm³/mol. The molecule has 6 nitrogen and oxygen atoms in total. The van der Waals surface area contributed by atoms with Crippen LogP contribution in [0.25, 0.3) is 16.0 Å². The second-order valence-electron chi connectivity index (χ2n) is 7.53. The first-order valence-corrected chi connectivity index (χ1v) is 11.0. The van der Waals surface area contributed by atoms with E-state index in [0.717, 1.165) is 16.2 Å². The number of nitrogens with zero attached hydrogens (tertiary/aromatic N) is 2. The fourth-order valence-electron chi connectivity index (χ4n) is 3.91. The molecule has 1 fully saturated rings. The summed E-state index contributed by atoms with van der Waals surface area (Å²) in [7, 11) is 1.49. The number of methoxy groups -OCH3 is 1. The largest absolute Gasteiger partial charge is 0.507 e. The Morgan fingerprint density at radius 1 is 1.06 bits per heavy atom. The molecule has 1 aliphatic heterocycles. The van der Waals surface area contributed by atoms with Crippen LogP contribution in [-0.2, 0) is 9.59 Å². The lowest BCUT2D eigenvalue weighted by Gasteiger charge is -2.23. The van der Waals surface area contributed by atoms with Crippen LogP contribution in [0.4, 0.5) is 13.9 Å². The fourth-order valence-corrected chi connectivity index (χ4v) is 4.93. The van der Waals surface area contributed by atoms with Crippen LogP contribution in [0, 0.1) is 11.6 Å². The van der Waals surface area contributed by atoms with E-state index in [2.05, 4.69) is 4.98 Å². The van der Waals surface area contributed by atoms with Crippen LogP contribution in [-0.4, -0.2) is 28.9 Å². The summed E-state index contributed by atoms with van der Waals surface area (Å²) < 4.78 is 34.2. The number of aromatic nitrogens is 1. The molecule has 34 heavy (non-hydrogen) atoms. The molecule has 1 amide bonds. The van der Waals surface area contributed by atoms with Crippen LogP contribution >= 0.6 is 11.3 Å². The number of Topliss-reactive ketones (excluding diaryl/α,β-unsaturated/α-hetero) is 1. The molecule has 0 saturated carbocycles. The third kappa shape index (κ3) is 3.50. The molecule has 4 aromatic rings. The van der Waals surface area contributed by atoms with Crippen molar-refractivity contribution < 1.29 is 28.2 Å². The van der Waals surface area contributed by atoms with Crippen molar-refractivity contribution in [2.45, 2.75) is 6.04 Å². The summed E-state index contributed by atoms with van der Waals surface area (Å²) >= 11 is 0.992. The van der Waals surface area contributed by atoms with Gasteiger partial charge in [0, 0.05) is 11.1 Å². The number of benzene rings is 3. The Balaban J connectivity index is 1.73. The second-order valence-corrected chi connectivity index (χ2v) is 8.54. The maximum atomic E-state index is 14.9. The Morgan fingerprint density at radius 2 is 1.79 bits per heavy atom. The number of rotatable bonds is 4. The number of aliphatic hydroxyl groups excluding tert-OH is 1. The Kier molecular flexibility index (Phi) is 5.33. The van der Waals surface area contributed by atoms with Gasteiger partial charge in [-0.3, -0.25) is 14.5 Å². The molecule has 5 rings (SSSR count). The molecule has 0 aliphatic carbocycles. The summed E-state index contributed by atoms with van der Waals surface area (Å²) in [6.45, 7) is 0. The summed E-state index contributed by atoms with van der Waals surface area (Å²) in [5, 5.41) is 11.2. The Labute approximate surface area is 196 Å². The van der Waals surface area contributed by atoms with E-state index in [0.29, 0.717) is 16.0 Å². The quantitative estimate of drug-likeness (QED) is 0.248. The van der Waals surface area contributed by atoms with Crippen molar-refractivity contribution in [2.75, 3.05) is 12.0 Å². The maximum absolute atomic E-state index is 14.9.